The van der Waals surface area contributed by atoms with Crippen molar-refractivity contribution in [3.63, 3.8) is 0 Å². The Morgan fingerprint density at radius 3 is 2.41 bits per heavy atom. The average Bonchev–Trinajstić information content (AvgIpc) is 3.46. The molecule has 0 saturated carbocycles. The molecule has 0 bridgehead atoms. The molecule has 2 aliphatic heterocycles. The molecule has 1 saturated heterocycles. The summed E-state index contributed by atoms with van der Waals surface area (Å²) in [5.41, 5.74) is 4.38. The highest BCUT2D eigenvalue weighted by atomic mass is 16.2. The van der Waals surface area contributed by atoms with Crippen molar-refractivity contribution < 1.29 is 14.4 Å². The Bertz CT molecular complexity index is 1540. The Kier molecular flexibility index (Phi) is 5.49. The summed E-state index contributed by atoms with van der Waals surface area (Å²) in [7, 11) is 0. The second-order valence-corrected chi connectivity index (χ2v) is 9.18. The van der Waals surface area contributed by atoms with E-state index in [2.05, 4.69) is 10.3 Å². The van der Waals surface area contributed by atoms with Crippen molar-refractivity contribution in [1.29, 1.82) is 0 Å². The number of fused-ring (bicyclic) bond motifs is 1. The first-order valence-electron chi connectivity index (χ1n) is 12.0. The highest BCUT2D eigenvalue weighted by molar-refractivity contribution is 6.52. The molecule has 0 aliphatic carbocycles. The van der Waals surface area contributed by atoms with Gasteiger partial charge in [-0.05, 0) is 36.8 Å². The van der Waals surface area contributed by atoms with Gasteiger partial charge in [0.05, 0.1) is 30.0 Å². The number of anilines is 2. The van der Waals surface area contributed by atoms with Crippen LogP contribution in [-0.2, 0) is 16.1 Å². The van der Waals surface area contributed by atoms with Crippen molar-refractivity contribution in [2.75, 3.05) is 9.80 Å². The second-order valence-electron chi connectivity index (χ2n) is 9.18. The quantitative estimate of drug-likeness (QED) is 0.302. The molecule has 1 fully saturated rings. The zero-order valence-corrected chi connectivity index (χ0v) is 20.1. The zero-order chi connectivity index (χ0) is 25.5. The first kappa shape index (κ1) is 22.6. The Hall–Kier alpha value is -4.85. The minimum atomic E-state index is -0.593. The lowest BCUT2D eigenvalue weighted by Gasteiger charge is -2.45. The zero-order valence-electron chi connectivity index (χ0n) is 20.1. The predicted molar refractivity (Wildman–Crippen MR) is 139 cm³/mol. The lowest BCUT2D eigenvalue weighted by Crippen LogP contribution is -2.61. The van der Waals surface area contributed by atoms with E-state index in [-0.39, 0.29) is 18.5 Å². The van der Waals surface area contributed by atoms with Gasteiger partial charge in [0.1, 0.15) is 5.69 Å². The lowest BCUT2D eigenvalue weighted by atomic mass is 9.92. The number of aromatic nitrogens is 3. The molecular formula is C29H23N5O3. The number of aryl methyl sites for hydroxylation is 1. The molecule has 2 amide bonds. The smallest absolute Gasteiger partial charge is 0.299 e. The number of benzene rings is 3. The van der Waals surface area contributed by atoms with E-state index in [9.17, 15) is 14.4 Å². The van der Waals surface area contributed by atoms with E-state index >= 15 is 0 Å². The SMILES string of the molecule is Cc1ccc(N2C(=O)[C@@H](n3cc(CN4C(=O)C(=O)c5ccccc54)nn3)[C@H]2/C=C/c2ccccc2)cc1. The molecule has 8 heteroatoms. The molecule has 3 heterocycles. The van der Waals surface area contributed by atoms with E-state index in [1.807, 2.05) is 73.7 Å². The van der Waals surface area contributed by atoms with Gasteiger partial charge in [0.2, 0.25) is 0 Å². The molecular weight excluding hydrogens is 466 g/mol. The topological polar surface area (TPSA) is 88.4 Å². The van der Waals surface area contributed by atoms with Gasteiger partial charge in [0.15, 0.2) is 6.04 Å². The van der Waals surface area contributed by atoms with Gasteiger partial charge in [-0.1, -0.05) is 77.5 Å². The van der Waals surface area contributed by atoms with Gasteiger partial charge < -0.3 is 4.90 Å². The molecule has 4 aromatic rings. The van der Waals surface area contributed by atoms with Crippen LogP contribution in [0.4, 0.5) is 11.4 Å². The van der Waals surface area contributed by atoms with E-state index in [0.717, 1.165) is 16.8 Å². The molecule has 0 radical (unpaired) electrons. The van der Waals surface area contributed by atoms with E-state index in [0.29, 0.717) is 16.9 Å². The molecule has 2 atom stereocenters. The number of para-hydroxylation sites is 1. The lowest BCUT2D eigenvalue weighted by molar-refractivity contribution is -0.128. The number of carbonyl (C=O) groups excluding carboxylic acids is 3. The molecule has 3 aromatic carbocycles. The Morgan fingerprint density at radius 2 is 1.62 bits per heavy atom. The fraction of sp³-hybridized carbons (Fsp3) is 0.138. The normalized spacial score (nSPS) is 19.0. The number of carbonyl (C=O) groups is 3. The summed E-state index contributed by atoms with van der Waals surface area (Å²) < 4.78 is 1.55. The van der Waals surface area contributed by atoms with Crippen LogP contribution in [0.2, 0.25) is 0 Å². The molecule has 0 N–H and O–H groups in total. The van der Waals surface area contributed by atoms with Crippen molar-refractivity contribution in [2.24, 2.45) is 0 Å². The molecule has 2 aliphatic rings. The minimum Gasteiger partial charge on any atom is -0.301 e. The molecule has 8 nitrogen and oxygen atoms in total. The second kappa shape index (κ2) is 8.98. The molecule has 0 unspecified atom stereocenters. The first-order valence-corrected chi connectivity index (χ1v) is 12.0. The van der Waals surface area contributed by atoms with Gasteiger partial charge in [-0.2, -0.15) is 0 Å². The number of hydrogen-bond acceptors (Lipinski definition) is 5. The fourth-order valence-electron chi connectivity index (χ4n) is 4.82. The Labute approximate surface area is 213 Å². The molecule has 182 valence electrons. The maximum absolute atomic E-state index is 13.4. The van der Waals surface area contributed by atoms with Crippen LogP contribution in [0.15, 0.2) is 91.1 Å². The van der Waals surface area contributed by atoms with E-state index in [1.54, 1.807) is 40.0 Å². The van der Waals surface area contributed by atoms with Gasteiger partial charge in [-0.15, -0.1) is 5.10 Å². The van der Waals surface area contributed by atoms with Crippen LogP contribution in [0.3, 0.4) is 0 Å². The maximum atomic E-state index is 13.4. The van der Waals surface area contributed by atoms with Crippen LogP contribution in [0, 0.1) is 6.92 Å². The summed E-state index contributed by atoms with van der Waals surface area (Å²) in [6.07, 6.45) is 5.67. The third-order valence-corrected chi connectivity index (χ3v) is 6.75. The molecule has 6 rings (SSSR count). The van der Waals surface area contributed by atoms with Gasteiger partial charge in [-0.3, -0.25) is 19.3 Å². The molecule has 0 spiro atoms. The van der Waals surface area contributed by atoms with Crippen LogP contribution in [0.25, 0.3) is 6.08 Å². The maximum Gasteiger partial charge on any atom is 0.299 e. The summed E-state index contributed by atoms with van der Waals surface area (Å²) >= 11 is 0. The molecule has 37 heavy (non-hydrogen) atoms. The van der Waals surface area contributed by atoms with Gasteiger partial charge >= 0.3 is 0 Å². The summed E-state index contributed by atoms with van der Waals surface area (Å²) in [5, 5.41) is 8.47. The van der Waals surface area contributed by atoms with Crippen molar-refractivity contribution in [1.82, 2.24) is 15.0 Å². The highest BCUT2D eigenvalue weighted by Gasteiger charge is 2.49. The Balaban J connectivity index is 1.28. The number of rotatable bonds is 6. The van der Waals surface area contributed by atoms with Crippen molar-refractivity contribution in [2.45, 2.75) is 25.6 Å². The van der Waals surface area contributed by atoms with Crippen LogP contribution in [0.5, 0.6) is 0 Å². The van der Waals surface area contributed by atoms with Crippen LogP contribution < -0.4 is 9.80 Å². The fourth-order valence-corrected chi connectivity index (χ4v) is 4.82. The summed E-state index contributed by atoms with van der Waals surface area (Å²) in [6, 6.07) is 23.8. The van der Waals surface area contributed by atoms with Crippen molar-refractivity contribution in [3.8, 4) is 0 Å². The van der Waals surface area contributed by atoms with Crippen molar-refractivity contribution >= 4 is 35.0 Å². The van der Waals surface area contributed by atoms with Crippen LogP contribution >= 0.6 is 0 Å². The van der Waals surface area contributed by atoms with E-state index in [4.69, 9.17) is 0 Å². The van der Waals surface area contributed by atoms with Crippen molar-refractivity contribution in [3.05, 3.63) is 114 Å². The predicted octanol–water partition coefficient (Wildman–Crippen LogP) is 3.99. The van der Waals surface area contributed by atoms with E-state index in [1.165, 1.54) is 4.90 Å². The number of ketones is 1. The van der Waals surface area contributed by atoms with E-state index < -0.39 is 17.7 Å². The third-order valence-electron chi connectivity index (χ3n) is 6.75. The first-order chi connectivity index (χ1) is 18.0. The number of hydrogen-bond donors (Lipinski definition) is 0. The van der Waals surface area contributed by atoms with Gasteiger partial charge in [0.25, 0.3) is 17.6 Å². The van der Waals surface area contributed by atoms with Crippen LogP contribution in [-0.4, -0.2) is 38.6 Å². The Morgan fingerprint density at radius 1 is 0.892 bits per heavy atom. The third kappa shape index (κ3) is 3.92. The van der Waals surface area contributed by atoms with Gasteiger partial charge in [0, 0.05) is 5.69 Å². The molecule has 1 aromatic heterocycles. The summed E-state index contributed by atoms with van der Waals surface area (Å²) in [4.78, 5) is 41.4. The number of nitrogens with zero attached hydrogens (tertiary/aromatic N) is 5. The number of amides is 2. The number of Topliss-reactive ketones (excluding diaryl/α,β-unsaturated/α-hetero) is 1. The van der Waals surface area contributed by atoms with Gasteiger partial charge in [-0.25, -0.2) is 4.68 Å². The van der Waals surface area contributed by atoms with Crippen LogP contribution in [0.1, 0.15) is 33.2 Å². The average molecular weight is 490 g/mol. The monoisotopic (exact) mass is 489 g/mol. The standard InChI is InChI=1S/C29H23N5O3/c1-19-11-14-22(15-12-19)34-25(16-13-20-7-3-2-4-8-20)26(28(34)36)33-18-21(30-31-33)17-32-24-10-6-5-9-23(24)27(35)29(32)37/h2-16,18,25-26H,17H2,1H3/b16-13+/t25-,26+/m1/s1. The summed E-state index contributed by atoms with van der Waals surface area (Å²) in [6.45, 7) is 2.10. The number of β-lactam (4-membered cyclic amide) rings is 1. The largest absolute Gasteiger partial charge is 0.301 e. The minimum absolute atomic E-state index is 0.0920. The highest BCUT2D eigenvalue weighted by Crippen LogP contribution is 2.37. The summed E-state index contributed by atoms with van der Waals surface area (Å²) in [5.74, 6) is -1.22.